The summed E-state index contributed by atoms with van der Waals surface area (Å²) in [4.78, 5) is 38.9. The minimum Gasteiger partial charge on any atom is -0.497 e. The Balaban J connectivity index is 1.41. The summed E-state index contributed by atoms with van der Waals surface area (Å²) in [5.41, 5.74) is 4.03. The maximum absolute atomic E-state index is 13.6. The normalized spacial score (nSPS) is 14.3. The number of benzene rings is 2. The number of methoxy groups -OCH3 is 4. The second kappa shape index (κ2) is 13.8. The van der Waals surface area contributed by atoms with Crippen LogP contribution in [0.4, 0.5) is 5.69 Å². The highest BCUT2D eigenvalue weighted by Crippen LogP contribution is 2.50. The molecule has 0 aliphatic heterocycles. The molecular weight excluding hydrogens is 588 g/mol. The van der Waals surface area contributed by atoms with Crippen LogP contribution in [0.5, 0.6) is 23.0 Å². The molecule has 2 atom stereocenters. The fraction of sp³-hybridized carbons (Fsp3) is 0.343. The van der Waals surface area contributed by atoms with E-state index < -0.39 is 12.1 Å². The average Bonchev–Trinajstić information content (AvgIpc) is 3.31. The van der Waals surface area contributed by atoms with E-state index in [1.54, 1.807) is 34.3 Å². The maximum Gasteiger partial charge on any atom is 0.242 e. The smallest absolute Gasteiger partial charge is 0.242 e. The van der Waals surface area contributed by atoms with E-state index in [4.69, 9.17) is 18.9 Å². The van der Waals surface area contributed by atoms with Gasteiger partial charge < -0.3 is 39.5 Å². The summed E-state index contributed by atoms with van der Waals surface area (Å²) in [5, 5.41) is 10.1. The van der Waals surface area contributed by atoms with Crippen molar-refractivity contribution in [1.82, 2.24) is 15.2 Å². The Morgan fingerprint density at radius 2 is 1.74 bits per heavy atom. The summed E-state index contributed by atoms with van der Waals surface area (Å²) in [6.07, 6.45) is 3.12. The molecule has 0 saturated heterocycles. The van der Waals surface area contributed by atoms with E-state index >= 15 is 0 Å². The molecule has 5 rings (SSSR count). The van der Waals surface area contributed by atoms with Gasteiger partial charge in [-0.15, -0.1) is 0 Å². The Hall–Kier alpha value is -5.19. The number of amides is 2. The zero-order valence-corrected chi connectivity index (χ0v) is 27.0. The number of carbonyl (C=O) groups is 2. The molecule has 1 aliphatic rings. The molecule has 4 aromatic rings. The van der Waals surface area contributed by atoms with Gasteiger partial charge in [0.25, 0.3) is 0 Å². The highest BCUT2D eigenvalue weighted by molar-refractivity contribution is 5.86. The van der Waals surface area contributed by atoms with Crippen molar-refractivity contribution in [2.75, 3.05) is 40.3 Å². The van der Waals surface area contributed by atoms with Crippen LogP contribution in [0, 0.1) is 0 Å². The van der Waals surface area contributed by atoms with Crippen molar-refractivity contribution in [1.29, 1.82) is 0 Å². The number of nitrogens with one attached hydrogen (secondary N) is 3. The summed E-state index contributed by atoms with van der Waals surface area (Å²) in [6.45, 7) is 4.14. The first-order valence-electron chi connectivity index (χ1n) is 15.1. The molecule has 0 radical (unpaired) electrons. The zero-order valence-electron chi connectivity index (χ0n) is 27.0. The molecule has 1 aliphatic carbocycles. The quantitative estimate of drug-likeness (QED) is 0.222. The Kier molecular flexibility index (Phi) is 9.69. The van der Waals surface area contributed by atoms with Crippen molar-refractivity contribution >= 4 is 28.4 Å². The van der Waals surface area contributed by atoms with Crippen molar-refractivity contribution in [3.05, 3.63) is 76.1 Å². The molecule has 242 valence electrons. The van der Waals surface area contributed by atoms with Gasteiger partial charge in [-0.25, -0.2) is 0 Å². The Morgan fingerprint density at radius 3 is 2.43 bits per heavy atom. The standard InChI is InChI=1S/C35H40N4O7/c1-20(35(42)36-14-16-39-15-13-22-17-24(43-3)8-12-29(22)39)37-28-11-9-25-26(19-30(28)41)27(38-21(2)40)10-7-23-18-31(44-4)33(45-5)34(46-6)32(23)25/h8-9,11-13,15,17-20,27H,7,10,14,16H2,1-6H3,(H,36,42)(H,37,41)(H,38,40)/t20-,27+/m1/s1. The number of fused-ring (bicyclic) bond motifs is 4. The molecule has 46 heavy (non-hydrogen) atoms. The first kappa shape index (κ1) is 32.2. The Labute approximate surface area is 267 Å². The third-order valence-electron chi connectivity index (χ3n) is 8.31. The number of aryl methyl sites for hydroxylation is 1. The molecule has 0 unspecified atom stereocenters. The van der Waals surface area contributed by atoms with Gasteiger partial charge in [0.1, 0.15) is 11.8 Å². The van der Waals surface area contributed by atoms with E-state index in [1.807, 2.05) is 42.6 Å². The van der Waals surface area contributed by atoms with Crippen LogP contribution >= 0.6 is 0 Å². The van der Waals surface area contributed by atoms with Gasteiger partial charge >= 0.3 is 0 Å². The van der Waals surface area contributed by atoms with Gasteiger partial charge in [-0.05, 0) is 78.9 Å². The number of carbonyl (C=O) groups excluding carboxylic acids is 2. The fourth-order valence-electron chi connectivity index (χ4n) is 6.08. The van der Waals surface area contributed by atoms with Crippen molar-refractivity contribution in [3.8, 4) is 34.1 Å². The van der Waals surface area contributed by atoms with Crippen LogP contribution in [-0.2, 0) is 22.6 Å². The van der Waals surface area contributed by atoms with E-state index in [0.717, 1.165) is 27.8 Å². The molecular formula is C35H40N4O7. The number of nitrogens with zero attached hydrogens (tertiary/aromatic N) is 1. The second-order valence-corrected chi connectivity index (χ2v) is 11.2. The van der Waals surface area contributed by atoms with Crippen molar-refractivity contribution < 1.29 is 28.5 Å². The van der Waals surface area contributed by atoms with E-state index in [2.05, 4.69) is 20.5 Å². The molecule has 0 spiro atoms. The maximum atomic E-state index is 13.6. The predicted octanol–water partition coefficient (Wildman–Crippen LogP) is 4.44. The summed E-state index contributed by atoms with van der Waals surface area (Å²) in [7, 11) is 6.29. The number of hydrogen-bond donors (Lipinski definition) is 3. The van der Waals surface area contributed by atoms with E-state index in [0.29, 0.717) is 54.3 Å². The number of hydrogen-bond acceptors (Lipinski definition) is 8. The van der Waals surface area contributed by atoms with Gasteiger partial charge in [0.05, 0.1) is 40.2 Å². The average molecular weight is 629 g/mol. The van der Waals surface area contributed by atoms with Gasteiger partial charge in [-0.2, -0.15) is 0 Å². The van der Waals surface area contributed by atoms with E-state index in [1.165, 1.54) is 20.1 Å². The third kappa shape index (κ3) is 6.44. The Bertz CT molecular complexity index is 1830. The van der Waals surface area contributed by atoms with Crippen LogP contribution in [-0.4, -0.2) is 57.4 Å². The first-order valence-corrected chi connectivity index (χ1v) is 15.1. The van der Waals surface area contributed by atoms with Gasteiger partial charge in [0, 0.05) is 42.7 Å². The monoisotopic (exact) mass is 628 g/mol. The predicted molar refractivity (Wildman–Crippen MR) is 177 cm³/mol. The number of aromatic nitrogens is 1. The van der Waals surface area contributed by atoms with Crippen LogP contribution in [0.25, 0.3) is 22.0 Å². The Morgan fingerprint density at radius 1 is 0.957 bits per heavy atom. The third-order valence-corrected chi connectivity index (χ3v) is 8.31. The van der Waals surface area contributed by atoms with Crippen LogP contribution in [0.2, 0.25) is 0 Å². The number of ether oxygens (including phenoxy) is 4. The summed E-state index contributed by atoms with van der Waals surface area (Å²) >= 11 is 0. The van der Waals surface area contributed by atoms with Gasteiger partial charge in [-0.1, -0.05) is 6.07 Å². The van der Waals surface area contributed by atoms with E-state index in [-0.39, 0.29) is 22.9 Å². The zero-order chi connectivity index (χ0) is 33.0. The lowest BCUT2D eigenvalue weighted by Gasteiger charge is -2.19. The van der Waals surface area contributed by atoms with Crippen LogP contribution < -0.4 is 40.3 Å². The minimum absolute atomic E-state index is 0.209. The number of rotatable bonds is 11. The largest absolute Gasteiger partial charge is 0.497 e. The molecule has 0 bridgehead atoms. The molecule has 1 heterocycles. The van der Waals surface area contributed by atoms with Crippen LogP contribution in [0.3, 0.4) is 0 Å². The van der Waals surface area contributed by atoms with Crippen molar-refractivity contribution in [2.45, 2.75) is 45.3 Å². The highest BCUT2D eigenvalue weighted by atomic mass is 16.5. The lowest BCUT2D eigenvalue weighted by atomic mass is 9.95. The summed E-state index contributed by atoms with van der Waals surface area (Å²) in [5.74, 6) is 1.76. The van der Waals surface area contributed by atoms with Gasteiger partial charge in [0.15, 0.2) is 11.5 Å². The molecule has 0 fully saturated rings. The molecule has 3 N–H and O–H groups in total. The SMILES string of the molecule is COc1ccc2c(ccn2CCNC(=O)[C@@H](C)Nc2ccc3c(cc2=O)[C@@H](NC(C)=O)CCc2cc(OC)c(OC)c(OC)c2-3)c1. The molecule has 11 nitrogen and oxygen atoms in total. The molecule has 1 aromatic heterocycles. The lowest BCUT2D eigenvalue weighted by Crippen LogP contribution is -2.39. The van der Waals surface area contributed by atoms with Crippen LogP contribution in [0.1, 0.15) is 37.4 Å². The minimum atomic E-state index is -0.696. The van der Waals surface area contributed by atoms with E-state index in [9.17, 15) is 14.4 Å². The second-order valence-electron chi connectivity index (χ2n) is 11.2. The van der Waals surface area contributed by atoms with Crippen molar-refractivity contribution in [2.24, 2.45) is 0 Å². The topological polar surface area (TPSA) is 129 Å². The molecule has 0 saturated carbocycles. The van der Waals surface area contributed by atoms with Gasteiger partial charge in [-0.3, -0.25) is 14.4 Å². The number of anilines is 1. The van der Waals surface area contributed by atoms with Crippen LogP contribution in [0.15, 0.2) is 59.5 Å². The molecule has 11 heteroatoms. The van der Waals surface area contributed by atoms with Crippen molar-refractivity contribution in [3.63, 3.8) is 0 Å². The highest BCUT2D eigenvalue weighted by Gasteiger charge is 2.29. The summed E-state index contributed by atoms with van der Waals surface area (Å²) in [6, 6.07) is 13.7. The first-order chi connectivity index (χ1) is 22.2. The molecule has 2 amide bonds. The lowest BCUT2D eigenvalue weighted by molar-refractivity contribution is -0.121. The fourth-order valence-corrected chi connectivity index (χ4v) is 6.08. The molecule has 3 aromatic carbocycles. The summed E-state index contributed by atoms with van der Waals surface area (Å²) < 4.78 is 24.5. The van der Waals surface area contributed by atoms with Gasteiger partial charge in [0.2, 0.25) is 23.0 Å².